The summed E-state index contributed by atoms with van der Waals surface area (Å²) in [6.07, 6.45) is -16.3. The minimum absolute atomic E-state index is 8.15. The van der Waals surface area contributed by atoms with Crippen LogP contribution in [0.3, 0.4) is 0 Å². The average molecular weight is 654 g/mol. The summed E-state index contributed by atoms with van der Waals surface area (Å²) in [5.41, 5.74) is -18.4. The molecule has 0 aromatic rings. The second kappa shape index (κ2) is 8.45. The summed E-state index contributed by atoms with van der Waals surface area (Å²) in [6.45, 7) is 0. The Balaban J connectivity index is 7.29. The van der Waals surface area contributed by atoms with Crippen LogP contribution in [0.1, 0.15) is 0 Å². The monoisotopic (exact) mass is 654 g/mol. The first kappa shape index (κ1) is 36.4. The first-order valence-electron chi connectivity index (χ1n) is 7.66. The van der Waals surface area contributed by atoms with Crippen LogP contribution in [-0.2, 0) is 0 Å². The molecule has 0 aromatic heterocycles. The molecule has 0 rings (SSSR count). The molecule has 0 saturated carbocycles. The lowest BCUT2D eigenvalue weighted by atomic mass is 9.91. The maximum absolute atomic E-state index is 13.4. The molecule has 0 saturated heterocycles. The van der Waals surface area contributed by atoms with Gasteiger partial charge in [0, 0.05) is 0 Å². The highest BCUT2D eigenvalue weighted by Crippen LogP contribution is 2.66. The Morgan fingerprint density at radius 1 is 0.237 bits per heavy atom. The molecule has 0 bridgehead atoms. The van der Waals surface area contributed by atoms with Crippen LogP contribution in [0.5, 0.6) is 0 Å². The molecular weight excluding hydrogens is 654 g/mol. The van der Waals surface area contributed by atoms with E-state index in [-0.39, 0.29) is 0 Å². The third-order valence-electron chi connectivity index (χ3n) is 4.26. The van der Waals surface area contributed by atoms with Gasteiger partial charge in [-0.25, -0.2) is 0 Å². The third-order valence-corrected chi connectivity index (χ3v) is 6.47. The molecule has 0 aliphatic rings. The van der Waals surface area contributed by atoms with Gasteiger partial charge in [0.05, 0.1) is 0 Å². The van der Waals surface area contributed by atoms with Gasteiger partial charge in [0.25, 0.3) is 0 Å². The Bertz CT molecular complexity index is 797. The van der Waals surface area contributed by atoms with E-state index in [2.05, 4.69) is 0 Å². The van der Waals surface area contributed by atoms with Crippen LogP contribution in [0.25, 0.3) is 0 Å². The standard InChI is InChI=1S/C11F26Si/c12-1(13,3(16,17)5(20,21)8(26,27)28)2(14,15)4(18,19)6(22,23)10(32,33)38(36,37)11(34,35)7(24,25)9(29,30)31. The minimum atomic E-state index is -11.4. The normalized spacial score (nSPS) is 17.2. The Kier molecular flexibility index (Phi) is 8.09. The summed E-state index contributed by atoms with van der Waals surface area (Å²) >= 11 is 0. The maximum atomic E-state index is 13.4. The summed E-state index contributed by atoms with van der Waals surface area (Å²) in [4.78, 5) is 0. The fourth-order valence-electron chi connectivity index (χ4n) is 1.93. The van der Waals surface area contributed by atoms with Crippen molar-refractivity contribution in [3.63, 3.8) is 0 Å². The first-order chi connectivity index (χ1) is 15.8. The van der Waals surface area contributed by atoms with Crippen LogP contribution in [0.4, 0.5) is 114 Å². The molecule has 0 atom stereocenters. The van der Waals surface area contributed by atoms with Crippen molar-refractivity contribution in [3.05, 3.63) is 0 Å². The van der Waals surface area contributed by atoms with E-state index in [4.69, 9.17) is 0 Å². The molecule has 0 amide bonds. The molecule has 0 fully saturated rings. The maximum Gasteiger partial charge on any atom is 0.574 e. The van der Waals surface area contributed by atoms with Gasteiger partial charge in [-0.3, -0.25) is 8.22 Å². The lowest BCUT2D eigenvalue weighted by molar-refractivity contribution is -0.459. The average Bonchev–Trinajstić information content (AvgIpc) is 2.64. The zero-order valence-electron chi connectivity index (χ0n) is 15.8. The molecule has 0 unspecified atom stereocenters. The number of halogens is 26. The smallest absolute Gasteiger partial charge is 0.257 e. The Morgan fingerprint density at radius 2 is 0.421 bits per heavy atom. The predicted molar refractivity (Wildman–Crippen MR) is 64.6 cm³/mol. The van der Waals surface area contributed by atoms with Gasteiger partial charge < -0.3 is 0 Å². The summed E-state index contributed by atoms with van der Waals surface area (Å²) < 4.78 is 333. The summed E-state index contributed by atoms with van der Waals surface area (Å²) in [5, 5.41) is 0. The molecule has 230 valence electrons. The quantitative estimate of drug-likeness (QED) is 0.134. The third kappa shape index (κ3) is 4.04. The van der Waals surface area contributed by atoms with Crippen molar-refractivity contribution >= 4 is 8.74 Å². The van der Waals surface area contributed by atoms with Gasteiger partial charge in [0.2, 0.25) is 0 Å². The van der Waals surface area contributed by atoms with E-state index in [0.29, 0.717) is 0 Å². The largest absolute Gasteiger partial charge is 0.574 e. The van der Waals surface area contributed by atoms with Gasteiger partial charge in [-0.2, -0.15) is 105 Å². The van der Waals surface area contributed by atoms with Crippen LogP contribution in [0.2, 0.25) is 0 Å². The van der Waals surface area contributed by atoms with Crippen molar-refractivity contribution in [1.29, 1.82) is 0 Å². The number of hydrogen-bond donors (Lipinski definition) is 0. The Morgan fingerprint density at radius 3 is 0.658 bits per heavy atom. The second-order valence-electron chi connectivity index (χ2n) is 6.74. The zero-order chi connectivity index (χ0) is 32.0. The fraction of sp³-hybridized carbons (Fsp3) is 1.00. The molecule has 0 heterocycles. The van der Waals surface area contributed by atoms with Gasteiger partial charge in [0.1, 0.15) is 0 Å². The van der Waals surface area contributed by atoms with E-state index in [0.717, 1.165) is 0 Å². The summed E-state index contributed by atoms with van der Waals surface area (Å²) in [7, 11) is -11.4. The van der Waals surface area contributed by atoms with Crippen LogP contribution in [0, 0.1) is 0 Å². The molecule has 0 aromatic carbocycles. The molecule has 0 spiro atoms. The van der Waals surface area contributed by atoms with E-state index in [1.807, 2.05) is 0 Å². The van der Waals surface area contributed by atoms with Crippen molar-refractivity contribution in [3.8, 4) is 0 Å². The van der Waals surface area contributed by atoms with Gasteiger partial charge in [-0.1, -0.05) is 0 Å². The molecule has 27 heteroatoms. The Labute approximate surface area is 188 Å². The van der Waals surface area contributed by atoms with Crippen molar-refractivity contribution in [2.24, 2.45) is 0 Å². The second-order valence-corrected chi connectivity index (χ2v) is 9.14. The van der Waals surface area contributed by atoms with E-state index >= 15 is 0 Å². The lowest BCUT2D eigenvalue weighted by Gasteiger charge is -2.44. The van der Waals surface area contributed by atoms with Gasteiger partial charge in [-0.05, 0) is 0 Å². The van der Waals surface area contributed by atoms with Crippen molar-refractivity contribution in [2.75, 3.05) is 0 Å². The van der Waals surface area contributed by atoms with Gasteiger partial charge in [0.15, 0.2) is 0 Å². The highest BCUT2D eigenvalue weighted by Gasteiger charge is 3.01. The van der Waals surface area contributed by atoms with E-state index in [9.17, 15) is 114 Å². The predicted octanol–water partition coefficient (Wildman–Crippen LogP) is 8.29. The zero-order valence-corrected chi connectivity index (χ0v) is 16.8. The lowest BCUT2D eigenvalue weighted by Crippen LogP contribution is -2.80. The molecular formula is C11F26Si. The van der Waals surface area contributed by atoms with Gasteiger partial charge in [-0.15, -0.1) is 0 Å². The molecule has 0 N–H and O–H groups in total. The van der Waals surface area contributed by atoms with Crippen LogP contribution < -0.4 is 0 Å². The van der Waals surface area contributed by atoms with Crippen LogP contribution in [-0.4, -0.2) is 73.6 Å². The molecule has 0 nitrogen and oxygen atoms in total. The SMILES string of the molecule is FC(F)(F)C(F)(F)C(F)(F)C(F)(F)C(F)(F)C(F)(F)C(F)(F)C(F)(F)[Si](F)(F)C(F)(F)C(F)(F)C(F)(F)F. The highest BCUT2D eigenvalue weighted by molar-refractivity contribution is 6.71. The highest BCUT2D eigenvalue weighted by atomic mass is 28.4. The van der Waals surface area contributed by atoms with E-state index in [1.165, 1.54) is 0 Å². The molecule has 0 aliphatic carbocycles. The molecule has 38 heavy (non-hydrogen) atoms. The van der Waals surface area contributed by atoms with Crippen molar-refractivity contribution < 1.29 is 114 Å². The van der Waals surface area contributed by atoms with Crippen LogP contribution >= 0.6 is 0 Å². The number of hydrogen-bond acceptors (Lipinski definition) is 0. The van der Waals surface area contributed by atoms with E-state index < -0.39 is 73.6 Å². The van der Waals surface area contributed by atoms with Gasteiger partial charge >= 0.3 is 73.6 Å². The minimum Gasteiger partial charge on any atom is -0.257 e. The Hall–Kier alpha value is -1.60. The molecule has 0 radical (unpaired) electrons. The number of alkyl halides is 24. The van der Waals surface area contributed by atoms with E-state index in [1.54, 1.807) is 0 Å². The summed E-state index contributed by atoms with van der Waals surface area (Å²) in [6, 6.07) is 0. The molecule has 0 aliphatic heterocycles. The first-order valence-corrected chi connectivity index (χ1v) is 9.42. The number of rotatable bonds is 9. The summed E-state index contributed by atoms with van der Waals surface area (Å²) in [5.74, 6) is -64.5. The van der Waals surface area contributed by atoms with Crippen LogP contribution in [0.15, 0.2) is 0 Å². The van der Waals surface area contributed by atoms with Crippen molar-refractivity contribution in [1.82, 2.24) is 0 Å². The topological polar surface area (TPSA) is 0 Å². The van der Waals surface area contributed by atoms with Crippen molar-refractivity contribution in [2.45, 2.75) is 64.9 Å². The fourth-order valence-corrected chi connectivity index (χ4v) is 3.42.